The average molecular weight is 286 g/mol. The van der Waals surface area contributed by atoms with E-state index in [9.17, 15) is 9.59 Å². The number of hydrogen-bond acceptors (Lipinski definition) is 4. The molecule has 0 aliphatic rings. The summed E-state index contributed by atoms with van der Waals surface area (Å²) in [5.41, 5.74) is 1.31. The minimum Gasteiger partial charge on any atom is -0.326 e. The molecule has 0 spiro atoms. The van der Waals surface area contributed by atoms with E-state index in [2.05, 4.69) is 10.3 Å². The lowest BCUT2D eigenvalue weighted by Gasteiger charge is -2.04. The number of anilines is 1. The average Bonchev–Trinajstić information content (AvgIpc) is 2.46. The molecule has 0 radical (unpaired) electrons. The molecule has 0 fully saturated rings. The topological polar surface area (TPSA) is 59.1 Å². The number of carbonyl (C=O) groups is 2. The summed E-state index contributed by atoms with van der Waals surface area (Å²) in [6.45, 7) is 1.45. The third kappa shape index (κ3) is 4.20. The van der Waals surface area contributed by atoms with Crippen LogP contribution in [0.5, 0.6) is 0 Å². The highest BCUT2D eigenvalue weighted by Crippen LogP contribution is 2.17. The molecule has 0 saturated carbocycles. The molecule has 1 aromatic heterocycles. The van der Waals surface area contributed by atoms with Crippen LogP contribution in [0.1, 0.15) is 17.3 Å². The Morgan fingerprint density at radius 1 is 1.15 bits per heavy atom. The number of pyridine rings is 1. The third-order valence-corrected chi connectivity index (χ3v) is 3.46. The van der Waals surface area contributed by atoms with Crippen LogP contribution in [0.3, 0.4) is 0 Å². The number of benzene rings is 1. The Kier molecular flexibility index (Phi) is 4.90. The first-order chi connectivity index (χ1) is 9.65. The second-order valence-electron chi connectivity index (χ2n) is 4.14. The van der Waals surface area contributed by atoms with Gasteiger partial charge in [0.15, 0.2) is 5.78 Å². The summed E-state index contributed by atoms with van der Waals surface area (Å²) in [5, 5.41) is 3.49. The molecule has 0 aliphatic carbocycles. The molecule has 1 heterocycles. The molecule has 0 saturated heterocycles. The second-order valence-corrected chi connectivity index (χ2v) is 5.13. The molecule has 0 atom stereocenters. The van der Waals surface area contributed by atoms with E-state index in [1.54, 1.807) is 30.5 Å². The van der Waals surface area contributed by atoms with E-state index in [0.717, 1.165) is 5.03 Å². The molecule has 1 aromatic carbocycles. The third-order valence-electron chi connectivity index (χ3n) is 2.52. The molecule has 0 unspecified atom stereocenters. The van der Waals surface area contributed by atoms with Crippen molar-refractivity contribution in [3.8, 4) is 0 Å². The number of rotatable bonds is 5. The Hall–Kier alpha value is -2.14. The molecule has 2 aromatic rings. The molecule has 4 nitrogen and oxygen atoms in total. The molecule has 5 heteroatoms. The number of ketones is 1. The highest BCUT2D eigenvalue weighted by molar-refractivity contribution is 7.99. The number of hydrogen-bond donors (Lipinski definition) is 1. The van der Waals surface area contributed by atoms with Crippen molar-refractivity contribution < 1.29 is 9.59 Å². The number of aromatic nitrogens is 1. The van der Waals surface area contributed by atoms with Crippen LogP contribution in [0.25, 0.3) is 0 Å². The lowest BCUT2D eigenvalue weighted by molar-refractivity contribution is -0.114. The van der Waals surface area contributed by atoms with E-state index in [4.69, 9.17) is 0 Å². The van der Waals surface area contributed by atoms with Crippen molar-refractivity contribution in [1.29, 1.82) is 0 Å². The normalized spacial score (nSPS) is 10.1. The van der Waals surface area contributed by atoms with Gasteiger partial charge in [-0.3, -0.25) is 9.59 Å². The summed E-state index contributed by atoms with van der Waals surface area (Å²) < 4.78 is 0. The van der Waals surface area contributed by atoms with Gasteiger partial charge in [-0.1, -0.05) is 17.8 Å². The maximum absolute atomic E-state index is 12.0. The van der Waals surface area contributed by atoms with Gasteiger partial charge in [0.05, 0.1) is 10.8 Å². The number of nitrogens with zero attached hydrogens (tertiary/aromatic N) is 1. The van der Waals surface area contributed by atoms with Crippen LogP contribution in [-0.4, -0.2) is 22.4 Å². The zero-order chi connectivity index (χ0) is 14.4. The highest BCUT2D eigenvalue weighted by atomic mass is 32.2. The Balaban J connectivity index is 1.94. The summed E-state index contributed by atoms with van der Waals surface area (Å²) in [7, 11) is 0. The molecular weight excluding hydrogens is 272 g/mol. The Morgan fingerprint density at radius 3 is 2.50 bits per heavy atom. The number of thioether (sulfide) groups is 1. The van der Waals surface area contributed by atoms with Crippen molar-refractivity contribution in [2.24, 2.45) is 0 Å². The number of Topliss-reactive ketones (excluding diaryl/α,β-unsaturated/α-hetero) is 1. The molecule has 1 amide bonds. The van der Waals surface area contributed by atoms with Crippen molar-refractivity contribution in [3.63, 3.8) is 0 Å². The van der Waals surface area contributed by atoms with Crippen LogP contribution < -0.4 is 5.32 Å². The zero-order valence-electron chi connectivity index (χ0n) is 11.0. The predicted octanol–water partition coefficient (Wildman–Crippen LogP) is 3.02. The Morgan fingerprint density at radius 2 is 1.90 bits per heavy atom. The summed E-state index contributed by atoms with van der Waals surface area (Å²) in [5.74, 6) is 0.251. The van der Waals surface area contributed by atoms with Gasteiger partial charge < -0.3 is 5.32 Å². The molecule has 2 rings (SSSR count). The first-order valence-electron chi connectivity index (χ1n) is 6.10. The van der Waals surface area contributed by atoms with Gasteiger partial charge in [-0.25, -0.2) is 4.98 Å². The van der Waals surface area contributed by atoms with Crippen molar-refractivity contribution in [2.45, 2.75) is 11.9 Å². The van der Waals surface area contributed by atoms with E-state index in [-0.39, 0.29) is 11.7 Å². The van der Waals surface area contributed by atoms with Gasteiger partial charge in [0, 0.05) is 24.4 Å². The van der Waals surface area contributed by atoms with Crippen molar-refractivity contribution >= 4 is 29.1 Å². The lowest BCUT2D eigenvalue weighted by Crippen LogP contribution is -2.07. The van der Waals surface area contributed by atoms with Gasteiger partial charge in [-0.2, -0.15) is 0 Å². The van der Waals surface area contributed by atoms with Gasteiger partial charge in [0.25, 0.3) is 0 Å². The van der Waals surface area contributed by atoms with E-state index >= 15 is 0 Å². The summed E-state index contributed by atoms with van der Waals surface area (Å²) in [6.07, 6.45) is 1.70. The van der Waals surface area contributed by atoms with Gasteiger partial charge in [-0.05, 0) is 36.4 Å². The van der Waals surface area contributed by atoms with Crippen LogP contribution in [0.15, 0.2) is 53.7 Å². The maximum Gasteiger partial charge on any atom is 0.221 e. The van der Waals surface area contributed by atoms with Crippen LogP contribution in [0.2, 0.25) is 0 Å². The lowest BCUT2D eigenvalue weighted by atomic mass is 10.1. The molecule has 20 heavy (non-hydrogen) atoms. The summed E-state index contributed by atoms with van der Waals surface area (Å²) in [6, 6.07) is 12.5. The van der Waals surface area contributed by atoms with Crippen LogP contribution in [-0.2, 0) is 4.79 Å². The van der Waals surface area contributed by atoms with Gasteiger partial charge in [0.2, 0.25) is 5.91 Å². The summed E-state index contributed by atoms with van der Waals surface area (Å²) in [4.78, 5) is 27.1. The van der Waals surface area contributed by atoms with Crippen molar-refractivity contribution in [3.05, 3.63) is 54.2 Å². The number of nitrogens with one attached hydrogen (secondary N) is 1. The molecule has 1 N–H and O–H groups in total. The maximum atomic E-state index is 12.0. The smallest absolute Gasteiger partial charge is 0.221 e. The quantitative estimate of drug-likeness (QED) is 0.678. The van der Waals surface area contributed by atoms with Crippen molar-refractivity contribution in [1.82, 2.24) is 4.98 Å². The van der Waals surface area contributed by atoms with Gasteiger partial charge in [-0.15, -0.1) is 0 Å². The Labute approximate surface area is 121 Å². The van der Waals surface area contributed by atoms with Crippen LogP contribution in [0, 0.1) is 0 Å². The first-order valence-corrected chi connectivity index (χ1v) is 7.08. The molecule has 102 valence electrons. The SMILES string of the molecule is CC(=O)Nc1ccc(C(=O)CSc2ccccn2)cc1. The van der Waals surface area contributed by atoms with Gasteiger partial charge in [0.1, 0.15) is 0 Å². The number of carbonyl (C=O) groups excluding carboxylic acids is 2. The fourth-order valence-electron chi connectivity index (χ4n) is 1.60. The minimum absolute atomic E-state index is 0.0371. The van der Waals surface area contributed by atoms with Crippen molar-refractivity contribution in [2.75, 3.05) is 11.1 Å². The molecule has 0 bridgehead atoms. The standard InChI is InChI=1S/C15H14N2O2S/c1-11(18)17-13-7-5-12(6-8-13)14(19)10-20-15-4-2-3-9-16-15/h2-9H,10H2,1H3,(H,17,18). The van der Waals surface area contributed by atoms with E-state index in [1.807, 2.05) is 18.2 Å². The fraction of sp³-hybridized carbons (Fsp3) is 0.133. The molecule has 0 aliphatic heterocycles. The first kappa shape index (κ1) is 14.3. The fourth-order valence-corrected chi connectivity index (χ4v) is 2.35. The number of amides is 1. The highest BCUT2D eigenvalue weighted by Gasteiger charge is 2.07. The minimum atomic E-state index is -0.130. The van der Waals surface area contributed by atoms with E-state index in [1.165, 1.54) is 18.7 Å². The predicted molar refractivity (Wildman–Crippen MR) is 80.0 cm³/mol. The largest absolute Gasteiger partial charge is 0.326 e. The van der Waals surface area contributed by atoms with E-state index < -0.39 is 0 Å². The summed E-state index contributed by atoms with van der Waals surface area (Å²) >= 11 is 1.41. The van der Waals surface area contributed by atoms with Gasteiger partial charge >= 0.3 is 0 Å². The van der Waals surface area contributed by atoms with E-state index in [0.29, 0.717) is 17.0 Å². The monoisotopic (exact) mass is 286 g/mol. The Bertz CT molecular complexity index is 597. The second kappa shape index (κ2) is 6.86. The van der Waals surface area contributed by atoms with Crippen LogP contribution in [0.4, 0.5) is 5.69 Å². The van der Waals surface area contributed by atoms with Crippen LogP contribution >= 0.6 is 11.8 Å². The molecular formula is C15H14N2O2S. The zero-order valence-corrected chi connectivity index (χ0v) is 11.8.